The van der Waals surface area contributed by atoms with Crippen molar-refractivity contribution in [2.75, 3.05) is 40.1 Å². The summed E-state index contributed by atoms with van der Waals surface area (Å²) >= 11 is 1.52. The lowest BCUT2D eigenvalue weighted by atomic mass is 9.99. The molecule has 3 N–H and O–H groups in total. The number of piperidine rings is 1. The first-order chi connectivity index (χ1) is 13.6. The molecule has 0 bridgehead atoms. The van der Waals surface area contributed by atoms with Crippen LogP contribution >= 0.6 is 11.3 Å². The fourth-order valence-corrected chi connectivity index (χ4v) is 5.19. The van der Waals surface area contributed by atoms with Gasteiger partial charge in [-0.05, 0) is 18.1 Å². The second-order valence-electron chi connectivity index (χ2n) is 7.16. The monoisotopic (exact) mass is 407 g/mol. The van der Waals surface area contributed by atoms with Gasteiger partial charge in [0, 0.05) is 18.9 Å². The van der Waals surface area contributed by atoms with E-state index < -0.39 is 12.1 Å². The van der Waals surface area contributed by atoms with E-state index in [4.69, 9.17) is 24.9 Å². The van der Waals surface area contributed by atoms with Gasteiger partial charge in [0.15, 0.2) is 0 Å². The Bertz CT molecular complexity index is 849. The zero-order valence-electron chi connectivity index (χ0n) is 15.8. The van der Waals surface area contributed by atoms with Crippen molar-refractivity contribution in [3.63, 3.8) is 0 Å². The quantitative estimate of drug-likeness (QED) is 0.806. The van der Waals surface area contributed by atoms with Crippen LogP contribution in [0.4, 0.5) is 4.79 Å². The zero-order chi connectivity index (χ0) is 19.7. The lowest BCUT2D eigenvalue weighted by molar-refractivity contribution is 0.0611. The van der Waals surface area contributed by atoms with E-state index in [0.29, 0.717) is 51.6 Å². The van der Waals surface area contributed by atoms with Crippen molar-refractivity contribution in [2.45, 2.75) is 30.9 Å². The molecule has 2 fully saturated rings. The molecule has 0 aliphatic carbocycles. The second-order valence-corrected chi connectivity index (χ2v) is 8.19. The van der Waals surface area contributed by atoms with E-state index in [0.717, 1.165) is 20.8 Å². The molecule has 2 aromatic rings. The number of hydrogen-bond donors (Lipinski definition) is 2. The van der Waals surface area contributed by atoms with E-state index in [1.807, 2.05) is 12.1 Å². The van der Waals surface area contributed by atoms with Crippen LogP contribution in [0.2, 0.25) is 0 Å². The maximum atomic E-state index is 11.9. The number of benzene rings is 1. The summed E-state index contributed by atoms with van der Waals surface area (Å²) in [6.07, 6.45) is 0.476. The first kappa shape index (κ1) is 19.4. The van der Waals surface area contributed by atoms with Crippen molar-refractivity contribution in [3.8, 4) is 5.75 Å². The van der Waals surface area contributed by atoms with Gasteiger partial charge in [0.2, 0.25) is 0 Å². The first-order valence-corrected chi connectivity index (χ1v) is 10.3. The summed E-state index contributed by atoms with van der Waals surface area (Å²) in [7, 11) is 1.62. The number of amides is 2. The number of urea groups is 1. The second kappa shape index (κ2) is 8.20. The van der Waals surface area contributed by atoms with E-state index >= 15 is 0 Å². The predicted molar refractivity (Wildman–Crippen MR) is 105 cm³/mol. The Kier molecular flexibility index (Phi) is 5.68. The number of aromatic nitrogens is 1. The lowest BCUT2D eigenvalue weighted by Gasteiger charge is -2.35. The smallest absolute Gasteiger partial charge is 0.315 e. The first-order valence-electron chi connectivity index (χ1n) is 9.45. The molecule has 0 spiro atoms. The summed E-state index contributed by atoms with van der Waals surface area (Å²) < 4.78 is 17.9. The number of nitrogens with zero attached hydrogens (tertiary/aromatic N) is 2. The Balaban J connectivity index is 1.77. The molecule has 8 nitrogen and oxygen atoms in total. The number of aliphatic hydroxyl groups excluding tert-OH is 1. The number of likely N-dealkylation sites (tertiary alicyclic amines) is 1. The van der Waals surface area contributed by atoms with Gasteiger partial charge in [-0.25, -0.2) is 9.78 Å². The molecule has 2 saturated heterocycles. The van der Waals surface area contributed by atoms with Gasteiger partial charge >= 0.3 is 6.03 Å². The van der Waals surface area contributed by atoms with Gasteiger partial charge in [-0.2, -0.15) is 0 Å². The Morgan fingerprint density at radius 1 is 1.36 bits per heavy atom. The minimum absolute atomic E-state index is 0.105. The van der Waals surface area contributed by atoms with Crippen molar-refractivity contribution < 1.29 is 24.1 Å². The number of nitrogens with two attached hydrogens (primary N) is 1. The van der Waals surface area contributed by atoms with E-state index in [9.17, 15) is 9.90 Å². The van der Waals surface area contributed by atoms with Crippen LogP contribution in [0.3, 0.4) is 0 Å². The summed E-state index contributed by atoms with van der Waals surface area (Å²) in [6, 6.07) is 3.12. The maximum Gasteiger partial charge on any atom is 0.315 e. The normalized spacial score (nSPS) is 24.3. The topological polar surface area (TPSA) is 107 Å². The third kappa shape index (κ3) is 3.67. The minimum Gasteiger partial charge on any atom is -0.494 e. The predicted octanol–water partition coefficient (Wildman–Crippen LogP) is 2.01. The molecule has 0 radical (unpaired) electrons. The molecule has 2 unspecified atom stereocenters. The highest BCUT2D eigenvalue weighted by molar-refractivity contribution is 7.18. The molecule has 9 heteroatoms. The maximum absolute atomic E-state index is 11.9. The van der Waals surface area contributed by atoms with E-state index in [-0.39, 0.29) is 12.0 Å². The number of carbonyl (C=O) groups is 1. The summed E-state index contributed by atoms with van der Waals surface area (Å²) in [5.74, 6) is 0.784. The molecule has 152 valence electrons. The molecule has 1 aromatic heterocycles. The van der Waals surface area contributed by atoms with E-state index in [1.54, 1.807) is 12.0 Å². The molecule has 2 amide bonds. The number of aliphatic hydroxyl groups is 1. The van der Waals surface area contributed by atoms with Crippen LogP contribution in [-0.2, 0) is 9.47 Å². The molecule has 2 aliphatic heterocycles. The number of rotatable bonds is 3. The Hall–Kier alpha value is -1.94. The van der Waals surface area contributed by atoms with Crippen molar-refractivity contribution in [3.05, 3.63) is 22.7 Å². The fraction of sp³-hybridized carbons (Fsp3) is 0.579. The molecular weight excluding hydrogens is 382 g/mol. The molecular formula is C19H25N3O5S. The zero-order valence-corrected chi connectivity index (χ0v) is 16.6. The number of methoxy groups -OCH3 is 1. The molecule has 0 saturated carbocycles. The fourth-order valence-electron chi connectivity index (χ4n) is 3.89. The number of fused-ring (bicyclic) bond motifs is 1. The molecule has 3 heterocycles. The van der Waals surface area contributed by atoms with Crippen LogP contribution in [0, 0.1) is 0 Å². The van der Waals surface area contributed by atoms with Gasteiger partial charge in [-0.1, -0.05) is 6.07 Å². The largest absolute Gasteiger partial charge is 0.494 e. The highest BCUT2D eigenvalue weighted by atomic mass is 32.1. The number of carbonyl (C=O) groups excluding carboxylic acids is 1. The van der Waals surface area contributed by atoms with Crippen LogP contribution in [0.25, 0.3) is 10.2 Å². The molecule has 28 heavy (non-hydrogen) atoms. The average molecular weight is 407 g/mol. The summed E-state index contributed by atoms with van der Waals surface area (Å²) in [5, 5.41) is 10.9. The molecule has 4 rings (SSSR count). The highest BCUT2D eigenvalue weighted by Crippen LogP contribution is 2.41. The molecule has 1 aromatic carbocycles. The summed E-state index contributed by atoms with van der Waals surface area (Å²) in [6.45, 7) is 2.79. The van der Waals surface area contributed by atoms with Gasteiger partial charge in [-0.3, -0.25) is 0 Å². The third-order valence-electron chi connectivity index (χ3n) is 5.37. The number of thiazole rings is 1. The SMILES string of the molecule is COc1ccc(C2COCCOC2)c2sc(C3CC(O)CCN3C(N)=O)nc12. The Labute approximate surface area is 167 Å². The van der Waals surface area contributed by atoms with Gasteiger partial charge in [0.05, 0.1) is 50.4 Å². The van der Waals surface area contributed by atoms with Gasteiger partial charge in [0.25, 0.3) is 0 Å². The average Bonchev–Trinajstić information content (AvgIpc) is 2.95. The van der Waals surface area contributed by atoms with Crippen molar-refractivity contribution in [2.24, 2.45) is 5.73 Å². The minimum atomic E-state index is -0.492. The van der Waals surface area contributed by atoms with Crippen LogP contribution in [0.5, 0.6) is 5.75 Å². The highest BCUT2D eigenvalue weighted by Gasteiger charge is 2.34. The number of primary amides is 1. The van der Waals surface area contributed by atoms with Crippen LogP contribution in [0.1, 0.15) is 35.4 Å². The Morgan fingerprint density at radius 2 is 2.11 bits per heavy atom. The number of hydrogen-bond acceptors (Lipinski definition) is 7. The van der Waals surface area contributed by atoms with Crippen molar-refractivity contribution in [1.82, 2.24) is 9.88 Å². The standard InChI is InChI=1S/C19H25N3O5S/c1-25-15-3-2-13(11-9-26-6-7-27-10-11)17-16(15)21-18(28-17)14-8-12(23)4-5-22(14)19(20)24/h2-3,11-12,14,23H,4-10H2,1H3,(H2,20,24). The van der Waals surface area contributed by atoms with Crippen LogP contribution in [0.15, 0.2) is 12.1 Å². The van der Waals surface area contributed by atoms with E-state index in [2.05, 4.69) is 0 Å². The third-order valence-corrected chi connectivity index (χ3v) is 6.57. The number of ether oxygens (including phenoxy) is 3. The lowest BCUT2D eigenvalue weighted by Crippen LogP contribution is -2.45. The van der Waals surface area contributed by atoms with Gasteiger partial charge < -0.3 is 30.0 Å². The Morgan fingerprint density at radius 3 is 2.79 bits per heavy atom. The van der Waals surface area contributed by atoms with Crippen molar-refractivity contribution >= 4 is 27.6 Å². The molecule has 2 aliphatic rings. The van der Waals surface area contributed by atoms with Crippen LogP contribution < -0.4 is 10.5 Å². The molecule has 2 atom stereocenters. The summed E-state index contributed by atoms with van der Waals surface area (Å²) in [5.41, 5.74) is 7.44. The van der Waals surface area contributed by atoms with Crippen molar-refractivity contribution in [1.29, 1.82) is 0 Å². The van der Waals surface area contributed by atoms with Crippen LogP contribution in [-0.4, -0.2) is 67.2 Å². The van der Waals surface area contributed by atoms with Gasteiger partial charge in [0.1, 0.15) is 16.3 Å². The van der Waals surface area contributed by atoms with E-state index in [1.165, 1.54) is 11.3 Å². The summed E-state index contributed by atoms with van der Waals surface area (Å²) in [4.78, 5) is 18.3. The van der Waals surface area contributed by atoms with Gasteiger partial charge in [-0.15, -0.1) is 11.3 Å².